The molecule has 0 aliphatic heterocycles. The van der Waals surface area contributed by atoms with Crippen LogP contribution in [-0.4, -0.2) is 138 Å². The Balaban J connectivity index is 0.000000809. The molecule has 0 aromatic rings. The summed E-state index contributed by atoms with van der Waals surface area (Å²) in [7, 11) is 5.43. The maximum Gasteiger partial charge on any atom is 0.307 e. The molecule has 1 amide bonds. The average Bonchev–Trinajstić information content (AvgIpc) is 3.43. The first-order valence-corrected chi connectivity index (χ1v) is 31.7. The van der Waals surface area contributed by atoms with Crippen molar-refractivity contribution in [3.63, 3.8) is 0 Å². The summed E-state index contributed by atoms with van der Waals surface area (Å²) in [5.74, 6) is 4.43. The Labute approximate surface area is 476 Å². The van der Waals surface area contributed by atoms with Crippen LogP contribution in [0.3, 0.4) is 0 Å². The van der Waals surface area contributed by atoms with Gasteiger partial charge in [0.1, 0.15) is 26.1 Å². The normalized spacial score (nSPS) is 23.9. The molecule has 2 unspecified atom stereocenters. The standard InChI is InChI=1S/C42H72N2O12S.C10H18O.C10H20/c1-32-7-11-34(12-8-32)15-17-38(46)53-27-36(25-51-5)28-55-40(48)19-22-44(42(50)57-24-6-21-43(3)4)23-20-41(49)56-30-37(26-52-31-45)29-54-39(47)18-16-35-13-9-33(2)10-14-35;1-9-4-6-10(7-5-9)3-2-8-11;1-3-4-10-7-5-9(2)6-8-10/h31-37H,6-30H2,1-5H3;8-10H,2-7H2,1H3;9-10H,3-8H2,1-2H3. The number of hydrogen-bond acceptors (Lipinski definition) is 15. The fourth-order valence-electron chi connectivity index (χ4n) is 11.0. The van der Waals surface area contributed by atoms with E-state index in [-0.39, 0.29) is 95.1 Å². The van der Waals surface area contributed by atoms with Crippen molar-refractivity contribution in [2.45, 2.75) is 208 Å². The summed E-state index contributed by atoms with van der Waals surface area (Å²) in [5, 5.41) is -0.270. The van der Waals surface area contributed by atoms with E-state index in [1.165, 1.54) is 102 Å². The largest absolute Gasteiger partial charge is 0.467 e. The Morgan fingerprint density at radius 2 is 0.872 bits per heavy atom. The molecule has 0 bridgehead atoms. The molecule has 4 aliphatic carbocycles. The Kier molecular flexibility index (Phi) is 40.4. The number of esters is 4. The molecule has 0 spiro atoms. The van der Waals surface area contributed by atoms with Crippen LogP contribution in [-0.2, 0) is 57.2 Å². The second kappa shape index (κ2) is 44.4. The lowest BCUT2D eigenvalue weighted by Crippen LogP contribution is -2.34. The molecule has 0 aromatic carbocycles. The van der Waals surface area contributed by atoms with Crippen LogP contribution in [0.5, 0.6) is 0 Å². The quantitative estimate of drug-likeness (QED) is 0.0257. The van der Waals surface area contributed by atoms with Gasteiger partial charge < -0.3 is 43.0 Å². The third kappa shape index (κ3) is 36.2. The predicted octanol–water partition coefficient (Wildman–Crippen LogP) is 12.7. The smallest absolute Gasteiger partial charge is 0.307 e. The third-order valence-corrected chi connectivity index (χ3v) is 17.6. The molecule has 15 nitrogen and oxygen atoms in total. The number of carbonyl (C=O) groups excluding carboxylic acids is 7. The summed E-state index contributed by atoms with van der Waals surface area (Å²) in [6.45, 7) is 12.7. The number of hydrogen-bond donors (Lipinski definition) is 0. The highest BCUT2D eigenvalue weighted by atomic mass is 32.2. The first-order valence-electron chi connectivity index (χ1n) is 30.7. The number of carbonyl (C=O) groups is 7. The molecule has 4 fully saturated rings. The molecule has 4 saturated carbocycles. The van der Waals surface area contributed by atoms with Crippen LogP contribution in [0.1, 0.15) is 208 Å². The SMILES string of the molecule is CC1CCC(CCC=O)CC1.CCCC1CCC(C)CC1.COCC(COC(=O)CCC1CCC(C)CC1)COC(=O)CCN(CCC(=O)OCC(COC=O)COC(=O)CCC1CCC(C)CC1)C(=O)SCCCN(C)C. The number of aldehydes is 1. The molecule has 0 aromatic heterocycles. The van der Waals surface area contributed by atoms with E-state index in [4.69, 9.17) is 28.4 Å². The second-order valence-corrected chi connectivity index (χ2v) is 25.3. The molecule has 4 rings (SSSR count). The van der Waals surface area contributed by atoms with Gasteiger partial charge in [0.25, 0.3) is 11.7 Å². The molecule has 0 heterocycles. The number of thioether (sulfide) groups is 1. The average molecular weight is 1120 g/mol. The van der Waals surface area contributed by atoms with Crippen LogP contribution in [0.25, 0.3) is 0 Å². The van der Waals surface area contributed by atoms with Gasteiger partial charge in [0.2, 0.25) is 0 Å². The lowest BCUT2D eigenvalue weighted by atomic mass is 9.81. The van der Waals surface area contributed by atoms with Crippen molar-refractivity contribution >= 4 is 53.6 Å². The molecule has 0 saturated heterocycles. The minimum Gasteiger partial charge on any atom is -0.467 e. The molecule has 4 aliphatic rings. The van der Waals surface area contributed by atoms with Crippen molar-refractivity contribution in [3.8, 4) is 0 Å². The van der Waals surface area contributed by atoms with Crippen molar-refractivity contribution in [2.24, 2.45) is 59.2 Å². The van der Waals surface area contributed by atoms with E-state index >= 15 is 0 Å². The molecule has 0 N–H and O–H groups in total. The van der Waals surface area contributed by atoms with Crippen molar-refractivity contribution in [3.05, 3.63) is 0 Å². The zero-order valence-electron chi connectivity index (χ0n) is 50.2. The molecule has 78 heavy (non-hydrogen) atoms. The van der Waals surface area contributed by atoms with Gasteiger partial charge in [0.15, 0.2) is 0 Å². The number of methoxy groups -OCH3 is 1. The van der Waals surface area contributed by atoms with Crippen LogP contribution < -0.4 is 0 Å². The Bertz CT molecular complexity index is 1600. The summed E-state index contributed by atoms with van der Waals surface area (Å²) >= 11 is 1.12. The highest BCUT2D eigenvalue weighted by molar-refractivity contribution is 8.13. The highest BCUT2D eigenvalue weighted by Gasteiger charge is 2.25. The molecule has 16 heteroatoms. The van der Waals surface area contributed by atoms with E-state index in [9.17, 15) is 33.6 Å². The molecule has 452 valence electrons. The van der Waals surface area contributed by atoms with Crippen LogP contribution in [0.2, 0.25) is 0 Å². The van der Waals surface area contributed by atoms with Gasteiger partial charge in [0, 0.05) is 45.2 Å². The van der Waals surface area contributed by atoms with Gasteiger partial charge in [0.05, 0.1) is 44.5 Å². The fraction of sp³-hybridized carbons (Fsp3) is 0.887. The van der Waals surface area contributed by atoms with E-state index < -0.39 is 17.9 Å². The number of rotatable bonds is 34. The van der Waals surface area contributed by atoms with Gasteiger partial charge in [-0.15, -0.1) is 0 Å². The topological polar surface area (TPSA) is 181 Å². The first kappa shape index (κ1) is 70.9. The monoisotopic (exact) mass is 1120 g/mol. The minimum atomic E-state index is -0.591. The summed E-state index contributed by atoms with van der Waals surface area (Å²) in [5.41, 5.74) is 0. The van der Waals surface area contributed by atoms with Gasteiger partial charge in [-0.3, -0.25) is 28.8 Å². The summed E-state index contributed by atoms with van der Waals surface area (Å²) in [4.78, 5) is 88.1. The minimum absolute atomic E-state index is 0.00974. The summed E-state index contributed by atoms with van der Waals surface area (Å²) in [6, 6.07) is 0. The maximum atomic E-state index is 13.2. The Hall–Kier alpha value is -3.24. The maximum absolute atomic E-state index is 13.2. The third-order valence-electron chi connectivity index (χ3n) is 16.6. The highest BCUT2D eigenvalue weighted by Crippen LogP contribution is 2.34. The zero-order valence-corrected chi connectivity index (χ0v) is 51.0. The van der Waals surface area contributed by atoms with Gasteiger partial charge >= 0.3 is 23.9 Å². The second-order valence-electron chi connectivity index (χ2n) is 24.2. The van der Waals surface area contributed by atoms with Crippen molar-refractivity contribution < 1.29 is 62.0 Å². The predicted molar refractivity (Wildman–Crippen MR) is 310 cm³/mol. The summed E-state index contributed by atoms with van der Waals surface area (Å²) < 4.78 is 32.0. The lowest BCUT2D eigenvalue weighted by Gasteiger charge is -2.25. The number of ether oxygens (including phenoxy) is 6. The van der Waals surface area contributed by atoms with E-state index in [1.807, 2.05) is 19.0 Å². The molecule has 0 radical (unpaired) electrons. The van der Waals surface area contributed by atoms with Crippen molar-refractivity contribution in [1.29, 1.82) is 0 Å². The van der Waals surface area contributed by atoms with Crippen LogP contribution >= 0.6 is 11.8 Å². The van der Waals surface area contributed by atoms with Gasteiger partial charge in [-0.25, -0.2) is 0 Å². The van der Waals surface area contributed by atoms with E-state index in [1.54, 1.807) is 0 Å². The van der Waals surface area contributed by atoms with Gasteiger partial charge in [-0.05, 0) is 93.7 Å². The van der Waals surface area contributed by atoms with Crippen LogP contribution in [0.15, 0.2) is 0 Å². The number of amides is 1. The van der Waals surface area contributed by atoms with E-state index in [0.29, 0.717) is 30.4 Å². The van der Waals surface area contributed by atoms with Crippen molar-refractivity contribution in [2.75, 3.05) is 86.2 Å². The Morgan fingerprint density at radius 1 is 0.500 bits per heavy atom. The molecular formula is C62H110N2O13S. The summed E-state index contributed by atoms with van der Waals surface area (Å²) in [6.07, 6.45) is 29.4. The van der Waals surface area contributed by atoms with Gasteiger partial charge in [-0.2, -0.15) is 0 Å². The number of nitrogens with zero attached hydrogens (tertiary/aromatic N) is 2. The first-order chi connectivity index (χ1) is 37.5. The zero-order chi connectivity index (χ0) is 57.3. The Morgan fingerprint density at radius 3 is 1.23 bits per heavy atom. The lowest BCUT2D eigenvalue weighted by molar-refractivity contribution is -0.152. The molecular weight excluding hydrogens is 1010 g/mol. The van der Waals surface area contributed by atoms with Crippen LogP contribution in [0.4, 0.5) is 4.79 Å². The molecule has 2 atom stereocenters. The van der Waals surface area contributed by atoms with Gasteiger partial charge in [-0.1, -0.05) is 162 Å². The fourth-order valence-corrected chi connectivity index (χ4v) is 11.9. The van der Waals surface area contributed by atoms with E-state index in [2.05, 4.69) is 34.6 Å². The van der Waals surface area contributed by atoms with E-state index in [0.717, 1.165) is 118 Å². The van der Waals surface area contributed by atoms with Crippen molar-refractivity contribution in [1.82, 2.24) is 9.80 Å². The van der Waals surface area contributed by atoms with Crippen LogP contribution in [0, 0.1) is 59.2 Å².